The van der Waals surface area contributed by atoms with Crippen LogP contribution in [0.3, 0.4) is 0 Å². The predicted octanol–water partition coefficient (Wildman–Crippen LogP) is 3.18. The minimum absolute atomic E-state index is 0.0162. The lowest BCUT2D eigenvalue weighted by atomic mass is 10.1. The number of nitrogens with one attached hydrogen (secondary N) is 1. The number of hydrogen-bond acceptors (Lipinski definition) is 7. The van der Waals surface area contributed by atoms with Crippen molar-refractivity contribution in [2.24, 2.45) is 9.98 Å². The zero-order chi connectivity index (χ0) is 24.1. The van der Waals surface area contributed by atoms with Gasteiger partial charge < -0.3 is 10.1 Å². The van der Waals surface area contributed by atoms with Gasteiger partial charge in [-0.25, -0.2) is 14.3 Å². The second-order valence-corrected chi connectivity index (χ2v) is 8.53. The van der Waals surface area contributed by atoms with Crippen molar-refractivity contribution >= 4 is 46.2 Å². The fraction of sp³-hybridized carbons (Fsp3) is 0.292. The number of carbonyl (C=O) groups is 3. The Morgan fingerprint density at radius 2 is 1.94 bits per heavy atom. The van der Waals surface area contributed by atoms with Gasteiger partial charge in [0.25, 0.3) is 5.91 Å². The summed E-state index contributed by atoms with van der Waals surface area (Å²) in [5.74, 6) is -0.760. The lowest BCUT2D eigenvalue weighted by Gasteiger charge is -2.25. The highest BCUT2D eigenvalue weighted by molar-refractivity contribution is 8.14. The number of nitrogens with zero attached hydrogens (tertiary/aromatic N) is 3. The van der Waals surface area contributed by atoms with Crippen LogP contribution in [0.25, 0.3) is 0 Å². The maximum Gasteiger partial charge on any atom is 0.316 e. The molecule has 34 heavy (non-hydrogen) atoms. The van der Waals surface area contributed by atoms with Crippen LogP contribution in [0.2, 0.25) is 0 Å². The summed E-state index contributed by atoms with van der Waals surface area (Å²) < 4.78 is 18.0. The van der Waals surface area contributed by atoms with Gasteiger partial charge in [0.05, 0.1) is 18.0 Å². The first-order valence-corrected chi connectivity index (χ1v) is 11.8. The quantitative estimate of drug-likeness (QED) is 0.583. The highest BCUT2D eigenvalue weighted by Gasteiger charge is 2.41. The van der Waals surface area contributed by atoms with Crippen molar-refractivity contribution < 1.29 is 23.5 Å². The average molecular weight is 483 g/mol. The van der Waals surface area contributed by atoms with Crippen LogP contribution < -0.4 is 5.32 Å². The number of aliphatic imine (C=N–C) groups is 2. The molecule has 10 heteroatoms. The van der Waals surface area contributed by atoms with Crippen molar-refractivity contribution in [3.63, 3.8) is 0 Å². The molecule has 0 unspecified atom stereocenters. The van der Waals surface area contributed by atoms with Gasteiger partial charge in [-0.1, -0.05) is 36.0 Å². The van der Waals surface area contributed by atoms with Gasteiger partial charge >= 0.3 is 5.97 Å². The highest BCUT2D eigenvalue weighted by atomic mass is 32.2. The number of benzene rings is 2. The summed E-state index contributed by atoms with van der Waals surface area (Å²) in [7, 11) is 0. The van der Waals surface area contributed by atoms with Crippen molar-refractivity contribution in [1.82, 2.24) is 10.2 Å². The zero-order valence-electron chi connectivity index (χ0n) is 18.5. The Labute approximate surface area is 200 Å². The Kier molecular flexibility index (Phi) is 7.36. The van der Waals surface area contributed by atoms with E-state index in [0.29, 0.717) is 16.7 Å². The molecule has 1 N–H and O–H groups in total. The Morgan fingerprint density at radius 3 is 2.71 bits per heavy atom. The van der Waals surface area contributed by atoms with Crippen LogP contribution in [0, 0.1) is 5.82 Å². The van der Waals surface area contributed by atoms with E-state index in [1.807, 2.05) is 24.3 Å². The standard InChI is InChI=1S/C24H23FN4O4S/c1-2-33-21(31)14-34-24-28-18-6-4-3-5-17(18)22-27-19(23(32)29(22)24)11-12-20(30)26-13-15-7-9-16(25)10-8-15/h3-10,19H,2,11-14H2,1H3,(H,26,30)/t19-/m0/s1. The van der Waals surface area contributed by atoms with Crippen molar-refractivity contribution in [1.29, 1.82) is 0 Å². The van der Waals surface area contributed by atoms with E-state index in [0.717, 1.165) is 22.9 Å². The van der Waals surface area contributed by atoms with Gasteiger partial charge in [-0.2, -0.15) is 0 Å². The molecule has 0 saturated heterocycles. The van der Waals surface area contributed by atoms with Gasteiger partial charge in [0.15, 0.2) is 5.17 Å². The zero-order valence-corrected chi connectivity index (χ0v) is 19.3. The van der Waals surface area contributed by atoms with Crippen molar-refractivity contribution in [2.45, 2.75) is 32.4 Å². The van der Waals surface area contributed by atoms with Crippen molar-refractivity contribution in [2.75, 3.05) is 12.4 Å². The molecule has 0 fully saturated rings. The third kappa shape index (κ3) is 5.33. The number of fused-ring (bicyclic) bond motifs is 3. The van der Waals surface area contributed by atoms with Crippen LogP contribution in [-0.2, 0) is 25.7 Å². The van der Waals surface area contributed by atoms with E-state index in [2.05, 4.69) is 15.3 Å². The van der Waals surface area contributed by atoms with Gasteiger partial charge in [0, 0.05) is 18.5 Å². The summed E-state index contributed by atoms with van der Waals surface area (Å²) in [5, 5.41) is 3.14. The fourth-order valence-corrected chi connectivity index (χ4v) is 4.37. The maximum atomic E-state index is 13.2. The molecule has 4 rings (SSSR count). The Hall–Kier alpha value is -3.53. The molecule has 8 nitrogen and oxygen atoms in total. The Balaban J connectivity index is 1.42. The molecule has 2 amide bonds. The Bertz CT molecular complexity index is 1170. The molecule has 1 atom stereocenters. The summed E-state index contributed by atoms with van der Waals surface area (Å²) in [6, 6.07) is 12.5. The highest BCUT2D eigenvalue weighted by Crippen LogP contribution is 2.34. The molecule has 176 valence electrons. The minimum Gasteiger partial charge on any atom is -0.465 e. The van der Waals surface area contributed by atoms with E-state index in [9.17, 15) is 18.8 Å². The molecule has 2 aromatic rings. The molecular formula is C24H23FN4O4S. The monoisotopic (exact) mass is 482 g/mol. The molecule has 0 aliphatic carbocycles. The number of carbonyl (C=O) groups excluding carboxylic acids is 3. The van der Waals surface area contributed by atoms with Crippen molar-refractivity contribution in [3.05, 3.63) is 65.5 Å². The summed E-state index contributed by atoms with van der Waals surface area (Å²) in [6.07, 6.45) is 0.332. The number of halogens is 1. The minimum atomic E-state index is -0.730. The third-order valence-electron chi connectivity index (χ3n) is 5.22. The largest absolute Gasteiger partial charge is 0.465 e. The van der Waals surface area contributed by atoms with Crippen molar-refractivity contribution in [3.8, 4) is 0 Å². The van der Waals surface area contributed by atoms with Crippen LogP contribution in [0.1, 0.15) is 30.9 Å². The van der Waals surface area contributed by atoms with Gasteiger partial charge in [-0.3, -0.25) is 19.4 Å². The molecule has 0 aromatic heterocycles. The van der Waals surface area contributed by atoms with E-state index >= 15 is 0 Å². The SMILES string of the molecule is CCOC(=O)CSC1=Nc2ccccc2C2=N[C@@H](CCC(=O)NCc3ccc(F)cc3)C(=O)N12. The van der Waals surface area contributed by atoms with Gasteiger partial charge in [-0.05, 0) is 43.2 Å². The Morgan fingerprint density at radius 1 is 1.18 bits per heavy atom. The molecule has 0 radical (unpaired) electrons. The number of hydrogen-bond donors (Lipinski definition) is 1. The summed E-state index contributed by atoms with van der Waals surface area (Å²) in [5.41, 5.74) is 2.16. The summed E-state index contributed by atoms with van der Waals surface area (Å²) in [4.78, 5) is 47.9. The number of rotatable bonds is 8. The average Bonchev–Trinajstić information content (AvgIpc) is 3.17. The van der Waals surface area contributed by atoms with E-state index < -0.39 is 12.0 Å². The van der Waals surface area contributed by atoms with E-state index in [1.165, 1.54) is 17.0 Å². The van der Waals surface area contributed by atoms with Crippen LogP contribution >= 0.6 is 11.8 Å². The number of para-hydroxylation sites is 1. The topological polar surface area (TPSA) is 100 Å². The van der Waals surface area contributed by atoms with Gasteiger partial charge in [-0.15, -0.1) is 0 Å². The number of esters is 1. The van der Waals surface area contributed by atoms with Gasteiger partial charge in [0.1, 0.15) is 17.7 Å². The lowest BCUT2D eigenvalue weighted by Crippen LogP contribution is -2.41. The van der Waals surface area contributed by atoms with Gasteiger partial charge in [0.2, 0.25) is 5.91 Å². The molecule has 0 spiro atoms. The molecule has 2 aliphatic heterocycles. The first kappa shape index (κ1) is 23.6. The molecule has 0 bridgehead atoms. The van der Waals surface area contributed by atoms with E-state index in [-0.39, 0.29) is 49.4 Å². The number of ether oxygens (including phenoxy) is 1. The molecule has 2 aromatic carbocycles. The first-order valence-electron chi connectivity index (χ1n) is 10.9. The van der Waals surface area contributed by atoms with Crippen LogP contribution in [0.15, 0.2) is 58.5 Å². The second kappa shape index (κ2) is 10.6. The normalized spacial score (nSPS) is 16.4. The lowest BCUT2D eigenvalue weighted by molar-refractivity contribution is -0.139. The maximum absolute atomic E-state index is 13.2. The fourth-order valence-electron chi connectivity index (χ4n) is 3.57. The smallest absolute Gasteiger partial charge is 0.316 e. The molecule has 0 saturated carbocycles. The van der Waals surface area contributed by atoms with E-state index in [4.69, 9.17) is 4.74 Å². The van der Waals surface area contributed by atoms with Crippen LogP contribution in [0.4, 0.5) is 10.1 Å². The molecule has 2 aliphatic rings. The van der Waals surface area contributed by atoms with Crippen LogP contribution in [-0.4, -0.2) is 52.1 Å². The summed E-state index contributed by atoms with van der Waals surface area (Å²) >= 11 is 1.12. The molecular weight excluding hydrogens is 459 g/mol. The summed E-state index contributed by atoms with van der Waals surface area (Å²) in [6.45, 7) is 2.27. The molecule has 2 heterocycles. The third-order valence-corrected chi connectivity index (χ3v) is 6.13. The first-order chi connectivity index (χ1) is 16.5. The predicted molar refractivity (Wildman–Crippen MR) is 127 cm³/mol. The number of amidine groups is 2. The van der Waals surface area contributed by atoms with Crippen LogP contribution in [0.5, 0.6) is 0 Å². The van der Waals surface area contributed by atoms with E-state index in [1.54, 1.807) is 19.1 Å². The second-order valence-electron chi connectivity index (χ2n) is 7.59. The number of thioether (sulfide) groups is 1. The number of amides is 2.